The van der Waals surface area contributed by atoms with Crippen LogP contribution in [-0.2, 0) is 6.54 Å². The predicted octanol–water partition coefficient (Wildman–Crippen LogP) is 2.85. The monoisotopic (exact) mass is 302 g/mol. The van der Waals surface area contributed by atoms with Crippen molar-refractivity contribution in [3.8, 4) is 23.3 Å². The molecule has 116 valence electrons. The first-order valence-electron chi connectivity index (χ1n) is 6.93. The Bertz CT molecular complexity index is 727. The summed E-state index contributed by atoms with van der Waals surface area (Å²) in [6.07, 6.45) is 0. The van der Waals surface area contributed by atoms with E-state index in [9.17, 15) is 10.2 Å². The van der Waals surface area contributed by atoms with Crippen LogP contribution in [-0.4, -0.2) is 33.2 Å². The number of aromatic hydroxyl groups is 2. The molecule has 0 unspecified atom stereocenters. The average molecular weight is 302 g/mol. The molecule has 6 nitrogen and oxygen atoms in total. The van der Waals surface area contributed by atoms with Gasteiger partial charge in [-0.1, -0.05) is 0 Å². The lowest BCUT2D eigenvalue weighted by Gasteiger charge is -2.33. The van der Waals surface area contributed by atoms with E-state index in [-0.39, 0.29) is 18.3 Å². The Labute approximate surface area is 128 Å². The van der Waals surface area contributed by atoms with Gasteiger partial charge in [0.2, 0.25) is 0 Å². The Morgan fingerprint density at radius 2 is 1.86 bits per heavy atom. The van der Waals surface area contributed by atoms with Gasteiger partial charge in [0.05, 0.1) is 19.4 Å². The SMILES string of the molecule is COc1ccc2c(c1)N=C(Cn1c(O)ccc1O)C(C)(C)O2. The van der Waals surface area contributed by atoms with Crippen LogP contribution in [0, 0.1) is 0 Å². The van der Waals surface area contributed by atoms with E-state index in [1.165, 1.54) is 16.7 Å². The number of hydrogen-bond acceptors (Lipinski definition) is 5. The van der Waals surface area contributed by atoms with Gasteiger partial charge in [-0.2, -0.15) is 0 Å². The van der Waals surface area contributed by atoms with Gasteiger partial charge in [-0.05, 0) is 26.0 Å². The third kappa shape index (κ3) is 2.36. The number of aromatic nitrogens is 1. The van der Waals surface area contributed by atoms with Gasteiger partial charge in [0.25, 0.3) is 0 Å². The summed E-state index contributed by atoms with van der Waals surface area (Å²) in [4.78, 5) is 4.63. The Morgan fingerprint density at radius 3 is 2.50 bits per heavy atom. The highest BCUT2D eigenvalue weighted by molar-refractivity contribution is 5.96. The van der Waals surface area contributed by atoms with Gasteiger partial charge in [0.1, 0.15) is 22.8 Å². The first kappa shape index (κ1) is 14.3. The minimum absolute atomic E-state index is 0.0209. The van der Waals surface area contributed by atoms with Gasteiger partial charge in [0.15, 0.2) is 11.8 Å². The lowest BCUT2D eigenvalue weighted by Crippen LogP contribution is -2.42. The Kier molecular flexibility index (Phi) is 3.24. The molecule has 22 heavy (non-hydrogen) atoms. The van der Waals surface area contributed by atoms with E-state index in [1.807, 2.05) is 26.0 Å². The summed E-state index contributed by atoms with van der Waals surface area (Å²) in [6.45, 7) is 4.03. The number of aliphatic imine (C=N–C) groups is 1. The van der Waals surface area contributed by atoms with Crippen LogP contribution in [0.2, 0.25) is 0 Å². The number of rotatable bonds is 3. The molecule has 2 heterocycles. The molecular formula is C16H18N2O4. The van der Waals surface area contributed by atoms with Crippen molar-refractivity contribution in [1.82, 2.24) is 4.57 Å². The van der Waals surface area contributed by atoms with E-state index in [0.717, 1.165) is 0 Å². The van der Waals surface area contributed by atoms with E-state index in [0.29, 0.717) is 22.9 Å². The minimum Gasteiger partial charge on any atom is -0.497 e. The molecule has 0 saturated heterocycles. The van der Waals surface area contributed by atoms with E-state index < -0.39 is 5.60 Å². The van der Waals surface area contributed by atoms with Crippen LogP contribution in [0.3, 0.4) is 0 Å². The first-order chi connectivity index (χ1) is 10.4. The second-order valence-electron chi connectivity index (χ2n) is 5.64. The second kappa shape index (κ2) is 4.98. The van der Waals surface area contributed by atoms with Gasteiger partial charge < -0.3 is 19.7 Å². The smallest absolute Gasteiger partial charge is 0.194 e. The molecule has 6 heteroatoms. The number of ether oxygens (including phenoxy) is 2. The largest absolute Gasteiger partial charge is 0.497 e. The summed E-state index contributed by atoms with van der Waals surface area (Å²) in [7, 11) is 1.59. The molecule has 1 aromatic heterocycles. The highest BCUT2D eigenvalue weighted by atomic mass is 16.5. The van der Waals surface area contributed by atoms with Gasteiger partial charge >= 0.3 is 0 Å². The van der Waals surface area contributed by atoms with Crippen LogP contribution in [0.4, 0.5) is 5.69 Å². The third-order valence-corrected chi connectivity index (χ3v) is 3.72. The minimum atomic E-state index is -0.648. The zero-order valence-corrected chi connectivity index (χ0v) is 12.7. The quantitative estimate of drug-likeness (QED) is 0.914. The normalized spacial score (nSPS) is 15.7. The average Bonchev–Trinajstić information content (AvgIpc) is 2.79. The molecule has 0 amide bonds. The topological polar surface area (TPSA) is 76.2 Å². The summed E-state index contributed by atoms with van der Waals surface area (Å²) >= 11 is 0. The fraction of sp³-hybridized carbons (Fsp3) is 0.312. The summed E-state index contributed by atoms with van der Waals surface area (Å²) in [5.41, 5.74) is 0.708. The number of nitrogens with zero attached hydrogens (tertiary/aromatic N) is 2. The maximum Gasteiger partial charge on any atom is 0.194 e. The van der Waals surface area contributed by atoms with Crippen molar-refractivity contribution < 1.29 is 19.7 Å². The number of hydrogen-bond donors (Lipinski definition) is 2. The van der Waals surface area contributed by atoms with Gasteiger partial charge in [-0.3, -0.25) is 4.57 Å². The Hall–Kier alpha value is -2.63. The maximum absolute atomic E-state index is 9.80. The van der Waals surface area contributed by atoms with Crippen LogP contribution in [0.1, 0.15) is 13.8 Å². The van der Waals surface area contributed by atoms with E-state index in [1.54, 1.807) is 13.2 Å². The molecule has 0 bridgehead atoms. The molecule has 1 aliphatic rings. The van der Waals surface area contributed by atoms with Gasteiger partial charge in [0, 0.05) is 18.2 Å². The molecule has 0 aliphatic carbocycles. The molecule has 1 aliphatic heterocycles. The molecule has 2 aromatic rings. The van der Waals surface area contributed by atoms with E-state index in [2.05, 4.69) is 4.99 Å². The molecule has 3 rings (SSSR count). The van der Waals surface area contributed by atoms with Crippen molar-refractivity contribution in [2.24, 2.45) is 4.99 Å². The lowest BCUT2D eigenvalue weighted by molar-refractivity contribution is 0.174. The standard InChI is InChI=1S/C16H18N2O4/c1-16(2)13(9-18-14(19)6-7-15(18)20)17-11-8-10(21-3)4-5-12(11)22-16/h4-8,19-20H,9H2,1-3H3. The highest BCUT2D eigenvalue weighted by Gasteiger charge is 2.33. The van der Waals surface area contributed by atoms with E-state index in [4.69, 9.17) is 9.47 Å². The van der Waals surface area contributed by atoms with Crippen molar-refractivity contribution >= 4 is 11.4 Å². The zero-order valence-electron chi connectivity index (χ0n) is 12.7. The van der Waals surface area contributed by atoms with Crippen LogP contribution >= 0.6 is 0 Å². The Morgan fingerprint density at radius 1 is 1.18 bits per heavy atom. The predicted molar refractivity (Wildman–Crippen MR) is 82.6 cm³/mol. The van der Waals surface area contributed by atoms with E-state index >= 15 is 0 Å². The number of methoxy groups -OCH3 is 1. The molecule has 0 fully saturated rings. The zero-order chi connectivity index (χ0) is 15.9. The number of fused-ring (bicyclic) bond motifs is 1. The fourth-order valence-corrected chi connectivity index (χ4v) is 2.40. The van der Waals surface area contributed by atoms with Crippen molar-refractivity contribution in [2.75, 3.05) is 7.11 Å². The summed E-state index contributed by atoms with van der Waals surface area (Å²) in [5, 5.41) is 19.6. The molecular weight excluding hydrogens is 284 g/mol. The summed E-state index contributed by atoms with van der Waals surface area (Å²) < 4.78 is 12.6. The summed E-state index contributed by atoms with van der Waals surface area (Å²) in [5.74, 6) is 1.33. The van der Waals surface area contributed by atoms with Crippen molar-refractivity contribution in [1.29, 1.82) is 0 Å². The molecule has 0 spiro atoms. The van der Waals surface area contributed by atoms with Crippen molar-refractivity contribution in [3.05, 3.63) is 30.3 Å². The highest BCUT2D eigenvalue weighted by Crippen LogP contribution is 2.39. The second-order valence-corrected chi connectivity index (χ2v) is 5.64. The van der Waals surface area contributed by atoms with Crippen LogP contribution in [0.15, 0.2) is 35.3 Å². The lowest BCUT2D eigenvalue weighted by atomic mass is 10.00. The molecule has 0 saturated carbocycles. The van der Waals surface area contributed by atoms with Gasteiger partial charge in [-0.15, -0.1) is 0 Å². The first-order valence-corrected chi connectivity index (χ1v) is 6.93. The molecule has 0 atom stereocenters. The molecule has 1 aromatic carbocycles. The summed E-state index contributed by atoms with van der Waals surface area (Å²) in [6, 6.07) is 8.30. The Balaban J connectivity index is 2.02. The maximum atomic E-state index is 9.80. The molecule has 0 radical (unpaired) electrons. The van der Waals surface area contributed by atoms with Crippen LogP contribution < -0.4 is 9.47 Å². The van der Waals surface area contributed by atoms with Crippen LogP contribution in [0.25, 0.3) is 0 Å². The third-order valence-electron chi connectivity index (χ3n) is 3.72. The van der Waals surface area contributed by atoms with Crippen molar-refractivity contribution in [2.45, 2.75) is 26.0 Å². The molecule has 2 N–H and O–H groups in total. The number of benzene rings is 1. The van der Waals surface area contributed by atoms with Crippen molar-refractivity contribution in [3.63, 3.8) is 0 Å². The fourth-order valence-electron chi connectivity index (χ4n) is 2.40. The van der Waals surface area contributed by atoms with Gasteiger partial charge in [-0.25, -0.2) is 4.99 Å². The van der Waals surface area contributed by atoms with Crippen LogP contribution in [0.5, 0.6) is 23.3 Å².